The molecular weight excluding hydrogens is 286 g/mol. The smallest absolute Gasteiger partial charge is 0.210 e. The summed E-state index contributed by atoms with van der Waals surface area (Å²) in [6.45, 7) is 5.87. The lowest BCUT2D eigenvalue weighted by Gasteiger charge is -2.07. The number of thioether (sulfide) groups is 1. The van der Waals surface area contributed by atoms with Gasteiger partial charge in [-0.15, -0.1) is 10.2 Å². The number of carbonyl (C=O) groups is 1. The van der Waals surface area contributed by atoms with Crippen molar-refractivity contribution in [3.8, 4) is 0 Å². The zero-order valence-electron chi connectivity index (χ0n) is 12.5. The number of Topliss-reactive ketones (excluding diaryl/α,β-unsaturated/α-hetero) is 1. The number of ketones is 1. The Balaban J connectivity index is 1.74. The summed E-state index contributed by atoms with van der Waals surface area (Å²) in [7, 11) is 0. The van der Waals surface area contributed by atoms with Crippen LogP contribution in [0.4, 0.5) is 0 Å². The Morgan fingerprint density at radius 1 is 1.38 bits per heavy atom. The first-order valence-electron chi connectivity index (χ1n) is 7.00. The molecule has 0 saturated heterocycles. The fraction of sp³-hybridized carbons (Fsp3) is 0.500. The van der Waals surface area contributed by atoms with E-state index in [1.165, 1.54) is 35.0 Å². The number of aromatic nitrogens is 4. The van der Waals surface area contributed by atoms with Gasteiger partial charge in [-0.05, 0) is 39.7 Å². The first-order valence-corrected chi connectivity index (χ1v) is 7.99. The number of hydrogen-bond acceptors (Lipinski definition) is 5. The van der Waals surface area contributed by atoms with Gasteiger partial charge < -0.3 is 10.4 Å². The van der Waals surface area contributed by atoms with Crippen molar-refractivity contribution < 1.29 is 4.79 Å². The second-order valence-corrected chi connectivity index (χ2v) is 6.44. The van der Waals surface area contributed by atoms with Gasteiger partial charge in [-0.3, -0.25) is 4.79 Å². The fourth-order valence-corrected chi connectivity index (χ4v) is 3.40. The second kappa shape index (κ2) is 5.22. The molecule has 0 bridgehead atoms. The van der Waals surface area contributed by atoms with E-state index in [9.17, 15) is 4.79 Å². The highest BCUT2D eigenvalue weighted by Gasteiger charge is 2.28. The summed E-state index contributed by atoms with van der Waals surface area (Å²) in [4.78, 5) is 12.4. The van der Waals surface area contributed by atoms with E-state index >= 15 is 0 Å². The van der Waals surface area contributed by atoms with Crippen LogP contribution in [-0.2, 0) is 0 Å². The van der Waals surface area contributed by atoms with E-state index in [0.29, 0.717) is 22.8 Å². The van der Waals surface area contributed by atoms with Crippen LogP contribution in [0, 0.1) is 20.8 Å². The standard InChI is InChI=1S/C14H19N5OS/c1-8-6-12(9(2)18(8)11-4-5-11)13(20)7-21-14-17-16-10(3)19(14)15/h6,11H,4-5,7,15H2,1-3H3. The maximum atomic E-state index is 12.4. The van der Waals surface area contributed by atoms with Gasteiger partial charge in [0.25, 0.3) is 0 Å². The SMILES string of the molecule is Cc1nnc(SCC(=O)c2cc(C)n(C3CC3)c2C)n1N. The molecule has 2 N–H and O–H groups in total. The van der Waals surface area contributed by atoms with Crippen molar-refractivity contribution in [1.82, 2.24) is 19.4 Å². The minimum absolute atomic E-state index is 0.112. The first kappa shape index (κ1) is 14.2. The minimum atomic E-state index is 0.112. The van der Waals surface area contributed by atoms with Gasteiger partial charge in [0.2, 0.25) is 5.16 Å². The number of carbonyl (C=O) groups excluding carboxylic acids is 1. The van der Waals surface area contributed by atoms with Gasteiger partial charge in [-0.2, -0.15) is 0 Å². The molecule has 0 spiro atoms. The normalized spacial score (nSPS) is 14.6. The van der Waals surface area contributed by atoms with Crippen LogP contribution in [0.5, 0.6) is 0 Å². The number of nitrogens with two attached hydrogens (primary N) is 1. The molecule has 2 aromatic heterocycles. The van der Waals surface area contributed by atoms with E-state index in [4.69, 9.17) is 5.84 Å². The molecule has 1 saturated carbocycles. The van der Waals surface area contributed by atoms with E-state index in [0.717, 1.165) is 11.3 Å². The largest absolute Gasteiger partial charge is 0.345 e. The highest BCUT2D eigenvalue weighted by molar-refractivity contribution is 7.99. The number of nitrogens with zero attached hydrogens (tertiary/aromatic N) is 4. The fourth-order valence-electron chi connectivity index (χ4n) is 2.61. The van der Waals surface area contributed by atoms with Gasteiger partial charge in [0.1, 0.15) is 5.82 Å². The topological polar surface area (TPSA) is 78.7 Å². The summed E-state index contributed by atoms with van der Waals surface area (Å²) in [5.74, 6) is 6.86. The molecule has 0 radical (unpaired) electrons. The molecule has 7 heteroatoms. The average Bonchev–Trinajstić information content (AvgIpc) is 3.17. The van der Waals surface area contributed by atoms with Crippen LogP contribution in [0.15, 0.2) is 11.2 Å². The maximum Gasteiger partial charge on any atom is 0.210 e. The molecule has 0 unspecified atom stereocenters. The van der Waals surface area contributed by atoms with Crippen molar-refractivity contribution in [2.45, 2.75) is 44.8 Å². The number of hydrogen-bond donors (Lipinski definition) is 1. The number of nitrogen functional groups attached to an aromatic ring is 1. The van der Waals surface area contributed by atoms with Crippen LogP contribution < -0.4 is 5.84 Å². The molecule has 0 atom stereocenters. The third-order valence-electron chi connectivity index (χ3n) is 3.86. The van der Waals surface area contributed by atoms with Crippen molar-refractivity contribution in [1.29, 1.82) is 0 Å². The Morgan fingerprint density at radius 3 is 2.67 bits per heavy atom. The molecule has 112 valence electrons. The van der Waals surface area contributed by atoms with Crippen LogP contribution in [0.25, 0.3) is 0 Å². The summed E-state index contributed by atoms with van der Waals surface area (Å²) in [5.41, 5.74) is 3.05. The van der Waals surface area contributed by atoms with Crippen molar-refractivity contribution in [2.75, 3.05) is 11.6 Å². The maximum absolute atomic E-state index is 12.4. The van der Waals surface area contributed by atoms with E-state index in [-0.39, 0.29) is 5.78 Å². The Kier molecular flexibility index (Phi) is 3.52. The van der Waals surface area contributed by atoms with Gasteiger partial charge in [0.05, 0.1) is 5.75 Å². The van der Waals surface area contributed by atoms with Crippen LogP contribution in [0.3, 0.4) is 0 Å². The lowest BCUT2D eigenvalue weighted by molar-refractivity contribution is 0.102. The van der Waals surface area contributed by atoms with Crippen LogP contribution in [0.1, 0.15) is 46.5 Å². The molecule has 1 aliphatic rings. The van der Waals surface area contributed by atoms with Gasteiger partial charge >= 0.3 is 0 Å². The first-order chi connectivity index (χ1) is 9.99. The van der Waals surface area contributed by atoms with E-state index in [2.05, 4.69) is 21.7 Å². The molecule has 3 rings (SSSR count). The van der Waals surface area contributed by atoms with Gasteiger partial charge in [-0.1, -0.05) is 11.8 Å². The van der Waals surface area contributed by atoms with E-state index in [1.807, 2.05) is 13.0 Å². The molecule has 0 aliphatic heterocycles. The van der Waals surface area contributed by atoms with Crippen molar-refractivity contribution in [3.05, 3.63) is 28.8 Å². The summed E-state index contributed by atoms with van der Waals surface area (Å²) >= 11 is 1.32. The minimum Gasteiger partial charge on any atom is -0.345 e. The van der Waals surface area contributed by atoms with Crippen LogP contribution in [-0.4, -0.2) is 31.0 Å². The zero-order chi connectivity index (χ0) is 15.1. The van der Waals surface area contributed by atoms with Crippen molar-refractivity contribution in [2.24, 2.45) is 0 Å². The van der Waals surface area contributed by atoms with E-state index in [1.54, 1.807) is 6.92 Å². The molecule has 21 heavy (non-hydrogen) atoms. The third-order valence-corrected chi connectivity index (χ3v) is 4.81. The third kappa shape index (κ3) is 2.57. The number of rotatable bonds is 5. The molecule has 1 fully saturated rings. The molecule has 1 aliphatic carbocycles. The number of aryl methyl sites for hydroxylation is 2. The molecule has 0 aromatic carbocycles. The predicted molar refractivity (Wildman–Crippen MR) is 82.1 cm³/mol. The van der Waals surface area contributed by atoms with E-state index < -0.39 is 0 Å². The highest BCUT2D eigenvalue weighted by atomic mass is 32.2. The van der Waals surface area contributed by atoms with Crippen molar-refractivity contribution in [3.63, 3.8) is 0 Å². The summed E-state index contributed by atoms with van der Waals surface area (Å²) < 4.78 is 3.69. The summed E-state index contributed by atoms with van der Waals surface area (Å²) in [6, 6.07) is 2.59. The van der Waals surface area contributed by atoms with Crippen LogP contribution >= 0.6 is 11.8 Å². The predicted octanol–water partition coefficient (Wildman–Crippen LogP) is 2.03. The Hall–Kier alpha value is -1.76. The Morgan fingerprint density at radius 2 is 2.10 bits per heavy atom. The molecule has 6 nitrogen and oxygen atoms in total. The van der Waals surface area contributed by atoms with Gasteiger partial charge in [0, 0.05) is 23.0 Å². The molecule has 0 amide bonds. The summed E-state index contributed by atoms with van der Waals surface area (Å²) in [5, 5.41) is 8.41. The van der Waals surface area contributed by atoms with Gasteiger partial charge in [-0.25, -0.2) is 4.68 Å². The van der Waals surface area contributed by atoms with Gasteiger partial charge in [0.15, 0.2) is 5.78 Å². The monoisotopic (exact) mass is 305 g/mol. The molecular formula is C14H19N5OS. The van der Waals surface area contributed by atoms with Crippen LogP contribution in [0.2, 0.25) is 0 Å². The molecule has 2 aromatic rings. The summed E-state index contributed by atoms with van der Waals surface area (Å²) in [6.07, 6.45) is 2.43. The zero-order valence-corrected chi connectivity index (χ0v) is 13.3. The lowest BCUT2D eigenvalue weighted by Crippen LogP contribution is -2.13. The Bertz CT molecular complexity index is 699. The Labute approximate surface area is 127 Å². The highest BCUT2D eigenvalue weighted by Crippen LogP contribution is 2.38. The quantitative estimate of drug-likeness (QED) is 0.519. The molecule has 2 heterocycles. The van der Waals surface area contributed by atoms with Crippen molar-refractivity contribution >= 4 is 17.5 Å². The average molecular weight is 305 g/mol. The lowest BCUT2D eigenvalue weighted by atomic mass is 10.2. The second-order valence-electron chi connectivity index (χ2n) is 5.50.